The Labute approximate surface area is 176 Å². The molecule has 0 saturated heterocycles. The molecule has 0 aliphatic carbocycles. The first-order valence-electron chi connectivity index (χ1n) is 9.83. The molecular weight excluding hydrogens is 398 g/mol. The number of benzene rings is 3. The van der Waals surface area contributed by atoms with Crippen molar-refractivity contribution >= 4 is 33.0 Å². The van der Waals surface area contributed by atoms with E-state index in [1.165, 1.54) is 29.8 Å². The van der Waals surface area contributed by atoms with Gasteiger partial charge in [-0.15, -0.1) is 0 Å². The van der Waals surface area contributed by atoms with Crippen LogP contribution < -0.4 is 14.9 Å². The Hall–Kier alpha value is -3.32. The van der Waals surface area contributed by atoms with Crippen molar-refractivity contribution in [3.8, 4) is 0 Å². The van der Waals surface area contributed by atoms with Gasteiger partial charge in [-0.05, 0) is 67.4 Å². The summed E-state index contributed by atoms with van der Waals surface area (Å²) in [6, 6.07) is 20.5. The molecule has 0 aromatic heterocycles. The van der Waals surface area contributed by atoms with Crippen LogP contribution in [0.2, 0.25) is 0 Å². The summed E-state index contributed by atoms with van der Waals surface area (Å²) in [7, 11) is -3.72. The van der Waals surface area contributed by atoms with Gasteiger partial charge in [0.1, 0.15) is 0 Å². The lowest BCUT2D eigenvalue weighted by Gasteiger charge is -2.17. The second kappa shape index (κ2) is 8.20. The molecule has 6 nitrogen and oxygen atoms in total. The third-order valence-electron chi connectivity index (χ3n) is 5.17. The van der Waals surface area contributed by atoms with Crippen molar-refractivity contribution in [2.45, 2.75) is 18.2 Å². The number of likely N-dealkylation sites (N-methyl/N-ethyl adjacent to an activating group) is 1. The van der Waals surface area contributed by atoms with Crippen molar-refractivity contribution in [1.82, 2.24) is 0 Å². The molecule has 154 valence electrons. The summed E-state index contributed by atoms with van der Waals surface area (Å²) in [6.45, 7) is 4.04. The Morgan fingerprint density at radius 3 is 2.40 bits per heavy atom. The number of anilines is 3. The van der Waals surface area contributed by atoms with Gasteiger partial charge in [0, 0.05) is 35.7 Å². The Balaban J connectivity index is 1.47. The average molecular weight is 422 g/mol. The van der Waals surface area contributed by atoms with Crippen LogP contribution in [0.1, 0.15) is 22.8 Å². The molecule has 0 unspecified atom stereocenters. The van der Waals surface area contributed by atoms with Crippen molar-refractivity contribution in [3.63, 3.8) is 0 Å². The lowest BCUT2D eigenvalue weighted by Crippen LogP contribution is -2.19. The maximum atomic E-state index is 12.6. The van der Waals surface area contributed by atoms with Crippen LogP contribution in [0.5, 0.6) is 0 Å². The fourth-order valence-corrected chi connectivity index (χ4v) is 4.62. The Bertz CT molecular complexity index is 1160. The zero-order valence-electron chi connectivity index (χ0n) is 16.6. The highest BCUT2D eigenvalue weighted by Gasteiger charge is 2.19. The van der Waals surface area contributed by atoms with Crippen molar-refractivity contribution in [1.29, 1.82) is 0 Å². The van der Waals surface area contributed by atoms with Crippen molar-refractivity contribution in [3.05, 3.63) is 83.9 Å². The van der Waals surface area contributed by atoms with Gasteiger partial charge in [-0.25, -0.2) is 8.42 Å². The van der Waals surface area contributed by atoms with E-state index in [4.69, 9.17) is 0 Å². The van der Waals surface area contributed by atoms with Crippen LogP contribution in [0, 0.1) is 0 Å². The summed E-state index contributed by atoms with van der Waals surface area (Å²) >= 11 is 0. The molecule has 0 radical (unpaired) electrons. The van der Waals surface area contributed by atoms with Crippen LogP contribution in [0.4, 0.5) is 17.1 Å². The molecule has 0 fully saturated rings. The number of fused-ring (bicyclic) bond motifs is 1. The highest BCUT2D eigenvalue weighted by molar-refractivity contribution is 7.92. The molecule has 0 spiro atoms. The van der Waals surface area contributed by atoms with Gasteiger partial charge in [-0.1, -0.05) is 24.3 Å². The smallest absolute Gasteiger partial charge is 0.261 e. The zero-order valence-corrected chi connectivity index (χ0v) is 17.4. The molecule has 30 heavy (non-hydrogen) atoms. The predicted octanol–water partition coefficient (Wildman–Crippen LogP) is 4.12. The van der Waals surface area contributed by atoms with Crippen LogP contribution >= 0.6 is 0 Å². The third kappa shape index (κ3) is 4.16. The Morgan fingerprint density at radius 2 is 1.70 bits per heavy atom. The number of nitrogens with zero attached hydrogens (tertiary/aromatic N) is 1. The van der Waals surface area contributed by atoms with Gasteiger partial charge in [-0.2, -0.15) is 0 Å². The number of nitrogens with one attached hydrogen (secondary N) is 2. The molecule has 3 aromatic carbocycles. The SMILES string of the molecule is CCN1CCc2ccc(NC(=O)c3ccc(S(=O)(=O)Nc4ccccc4)cc3)cc21. The molecule has 7 heteroatoms. The summed E-state index contributed by atoms with van der Waals surface area (Å²) in [6.07, 6.45) is 1.02. The topological polar surface area (TPSA) is 78.5 Å². The van der Waals surface area contributed by atoms with Gasteiger partial charge < -0.3 is 10.2 Å². The molecule has 2 N–H and O–H groups in total. The number of carbonyl (C=O) groups excluding carboxylic acids is 1. The standard InChI is InChI=1S/C23H23N3O3S/c1-2-26-15-14-17-8-11-20(16-22(17)26)24-23(27)18-9-12-21(13-10-18)30(28,29)25-19-6-4-3-5-7-19/h3-13,16,25H,2,14-15H2,1H3,(H,24,27). The number of hydrogen-bond acceptors (Lipinski definition) is 4. The number of sulfonamides is 1. The second-order valence-corrected chi connectivity index (χ2v) is 8.81. The lowest BCUT2D eigenvalue weighted by molar-refractivity contribution is 0.102. The summed E-state index contributed by atoms with van der Waals surface area (Å²) < 4.78 is 27.6. The highest BCUT2D eigenvalue weighted by atomic mass is 32.2. The van der Waals surface area contributed by atoms with E-state index in [0.717, 1.165) is 30.9 Å². The van der Waals surface area contributed by atoms with Gasteiger partial charge in [0.05, 0.1) is 4.90 Å². The fourth-order valence-electron chi connectivity index (χ4n) is 3.56. The Kier molecular flexibility index (Phi) is 5.46. The maximum Gasteiger partial charge on any atom is 0.261 e. The molecule has 0 saturated carbocycles. The first-order valence-corrected chi connectivity index (χ1v) is 11.3. The number of para-hydroxylation sites is 1. The van der Waals surface area contributed by atoms with E-state index < -0.39 is 10.0 Å². The largest absolute Gasteiger partial charge is 0.371 e. The van der Waals surface area contributed by atoms with E-state index in [1.807, 2.05) is 24.3 Å². The third-order valence-corrected chi connectivity index (χ3v) is 6.57. The predicted molar refractivity (Wildman–Crippen MR) is 120 cm³/mol. The fraction of sp³-hybridized carbons (Fsp3) is 0.174. The summed E-state index contributed by atoms with van der Waals surface area (Å²) in [4.78, 5) is 15.0. The monoisotopic (exact) mass is 421 g/mol. The van der Waals surface area contributed by atoms with Crippen molar-refractivity contribution in [2.75, 3.05) is 28.0 Å². The number of rotatable bonds is 6. The zero-order chi connectivity index (χ0) is 21.1. The summed E-state index contributed by atoms with van der Waals surface area (Å²) in [5, 5.41) is 2.90. The van der Waals surface area contributed by atoms with Crippen LogP contribution in [-0.2, 0) is 16.4 Å². The summed E-state index contributed by atoms with van der Waals surface area (Å²) in [5.41, 5.74) is 4.04. The van der Waals surface area contributed by atoms with Gasteiger partial charge in [0.25, 0.3) is 15.9 Å². The molecule has 0 bridgehead atoms. The first-order chi connectivity index (χ1) is 14.5. The summed E-state index contributed by atoms with van der Waals surface area (Å²) in [5.74, 6) is -0.282. The molecule has 1 amide bonds. The van der Waals surface area contributed by atoms with Gasteiger partial charge in [0.2, 0.25) is 0 Å². The van der Waals surface area contributed by atoms with Gasteiger partial charge >= 0.3 is 0 Å². The average Bonchev–Trinajstić information content (AvgIpc) is 3.16. The van der Waals surface area contributed by atoms with E-state index in [2.05, 4.69) is 21.9 Å². The highest BCUT2D eigenvalue weighted by Crippen LogP contribution is 2.30. The normalized spacial score (nSPS) is 13.0. The number of carbonyl (C=O) groups is 1. The minimum atomic E-state index is -3.72. The number of amides is 1. The minimum absolute atomic E-state index is 0.0963. The molecule has 4 rings (SSSR count). The van der Waals surface area contributed by atoms with E-state index in [9.17, 15) is 13.2 Å². The van der Waals surface area contributed by atoms with E-state index in [0.29, 0.717) is 11.3 Å². The molecule has 1 heterocycles. The van der Waals surface area contributed by atoms with Crippen LogP contribution in [0.3, 0.4) is 0 Å². The van der Waals surface area contributed by atoms with E-state index >= 15 is 0 Å². The van der Waals surface area contributed by atoms with Crippen LogP contribution in [0.15, 0.2) is 77.7 Å². The van der Waals surface area contributed by atoms with Gasteiger partial charge in [0.15, 0.2) is 0 Å². The van der Waals surface area contributed by atoms with E-state index in [1.54, 1.807) is 24.3 Å². The first kappa shape index (κ1) is 20.0. The lowest BCUT2D eigenvalue weighted by atomic mass is 10.1. The van der Waals surface area contributed by atoms with Gasteiger partial charge in [-0.3, -0.25) is 9.52 Å². The molecule has 3 aromatic rings. The molecular formula is C23H23N3O3S. The quantitative estimate of drug-likeness (QED) is 0.628. The second-order valence-electron chi connectivity index (χ2n) is 7.12. The molecule has 1 aliphatic rings. The maximum absolute atomic E-state index is 12.6. The van der Waals surface area contributed by atoms with Crippen LogP contribution in [0.25, 0.3) is 0 Å². The van der Waals surface area contributed by atoms with Crippen molar-refractivity contribution in [2.24, 2.45) is 0 Å². The van der Waals surface area contributed by atoms with E-state index in [-0.39, 0.29) is 10.8 Å². The minimum Gasteiger partial charge on any atom is -0.371 e. The number of hydrogen-bond donors (Lipinski definition) is 2. The molecule has 1 aliphatic heterocycles. The Morgan fingerprint density at radius 1 is 0.967 bits per heavy atom. The van der Waals surface area contributed by atoms with Crippen molar-refractivity contribution < 1.29 is 13.2 Å². The van der Waals surface area contributed by atoms with Crippen LogP contribution in [-0.4, -0.2) is 27.4 Å². The molecule has 0 atom stereocenters.